The number of ether oxygens (including phenoxy) is 2. The molecule has 1 atom stereocenters. The van der Waals surface area contributed by atoms with Gasteiger partial charge in [-0.15, -0.1) is 0 Å². The van der Waals surface area contributed by atoms with Crippen LogP contribution in [-0.2, 0) is 19.1 Å². The molecule has 1 aliphatic rings. The Hall–Kier alpha value is -3.67. The first-order valence-electron chi connectivity index (χ1n) is 9.50. The van der Waals surface area contributed by atoms with Crippen LogP contribution in [0, 0.1) is 11.3 Å². The highest BCUT2D eigenvalue weighted by Crippen LogP contribution is 2.41. The summed E-state index contributed by atoms with van der Waals surface area (Å²) in [5.74, 6) is -1.98. The lowest BCUT2D eigenvalue weighted by atomic mass is 9.80. The molecule has 2 heterocycles. The number of rotatable bonds is 6. The van der Waals surface area contributed by atoms with Gasteiger partial charge in [-0.25, -0.2) is 14.2 Å². The molecule has 0 fully saturated rings. The van der Waals surface area contributed by atoms with E-state index in [1.165, 1.54) is 0 Å². The molecule has 0 aliphatic carbocycles. The number of nitrogens with zero attached hydrogens (tertiary/aromatic N) is 3. The standard InChI is InChI=1S/C21H22N4O5/c1-11(2)29-21(27)17-13(4)23-12(3)16(20(26)28-10-6-9-22)18(17)14-7-5-8-15-19(14)25-30-24-15/h5,7-8,11,18,23H,6,10H2,1-4H3. The number of carbonyl (C=O) groups is 2. The van der Waals surface area contributed by atoms with E-state index >= 15 is 0 Å². The van der Waals surface area contributed by atoms with Crippen molar-refractivity contribution >= 4 is 23.0 Å². The van der Waals surface area contributed by atoms with Crippen LogP contribution in [0.15, 0.2) is 45.4 Å². The van der Waals surface area contributed by atoms with Crippen LogP contribution in [0.1, 0.15) is 45.6 Å². The van der Waals surface area contributed by atoms with Gasteiger partial charge in [0.15, 0.2) is 0 Å². The number of hydrogen-bond donors (Lipinski definition) is 1. The number of benzene rings is 1. The van der Waals surface area contributed by atoms with Crippen LogP contribution in [0.2, 0.25) is 0 Å². The quantitative estimate of drug-likeness (QED) is 0.565. The first-order valence-corrected chi connectivity index (χ1v) is 9.50. The van der Waals surface area contributed by atoms with Crippen molar-refractivity contribution in [3.8, 4) is 6.07 Å². The van der Waals surface area contributed by atoms with Crippen molar-refractivity contribution < 1.29 is 23.7 Å². The molecule has 0 spiro atoms. The van der Waals surface area contributed by atoms with Gasteiger partial charge >= 0.3 is 11.9 Å². The molecule has 9 heteroatoms. The molecule has 30 heavy (non-hydrogen) atoms. The van der Waals surface area contributed by atoms with Gasteiger partial charge in [-0.1, -0.05) is 12.1 Å². The minimum Gasteiger partial charge on any atom is -0.461 e. The third-order valence-electron chi connectivity index (χ3n) is 4.62. The van der Waals surface area contributed by atoms with Crippen LogP contribution in [0.5, 0.6) is 0 Å². The molecule has 9 nitrogen and oxygen atoms in total. The van der Waals surface area contributed by atoms with Crippen molar-refractivity contribution in [1.82, 2.24) is 15.6 Å². The Morgan fingerprint density at radius 2 is 1.90 bits per heavy atom. The van der Waals surface area contributed by atoms with E-state index in [1.807, 2.05) is 6.07 Å². The van der Waals surface area contributed by atoms with Gasteiger partial charge in [-0.05, 0) is 49.6 Å². The average molecular weight is 410 g/mol. The lowest BCUT2D eigenvalue weighted by Gasteiger charge is -2.30. The van der Waals surface area contributed by atoms with Crippen LogP contribution in [0.4, 0.5) is 0 Å². The van der Waals surface area contributed by atoms with Crippen LogP contribution in [0.3, 0.4) is 0 Å². The maximum absolute atomic E-state index is 13.0. The van der Waals surface area contributed by atoms with Crippen molar-refractivity contribution in [3.05, 3.63) is 46.3 Å². The number of dihydropyridines is 1. The molecule has 0 bridgehead atoms. The summed E-state index contributed by atoms with van der Waals surface area (Å²) >= 11 is 0. The number of allylic oxidation sites excluding steroid dienone is 2. The normalized spacial score (nSPS) is 16.5. The molecule has 1 aromatic heterocycles. The molecule has 1 unspecified atom stereocenters. The summed E-state index contributed by atoms with van der Waals surface area (Å²) in [6.45, 7) is 6.91. The number of fused-ring (bicyclic) bond motifs is 1. The zero-order valence-electron chi connectivity index (χ0n) is 17.2. The van der Waals surface area contributed by atoms with Crippen molar-refractivity contribution in [2.75, 3.05) is 6.61 Å². The van der Waals surface area contributed by atoms with Crippen LogP contribution in [0.25, 0.3) is 11.0 Å². The zero-order chi connectivity index (χ0) is 21.8. The summed E-state index contributed by atoms with van der Waals surface area (Å²) < 4.78 is 15.6. The second-order valence-electron chi connectivity index (χ2n) is 7.11. The lowest BCUT2D eigenvalue weighted by Crippen LogP contribution is -2.33. The summed E-state index contributed by atoms with van der Waals surface area (Å²) in [4.78, 5) is 26.0. The highest BCUT2D eigenvalue weighted by molar-refractivity contribution is 6.01. The fourth-order valence-electron chi connectivity index (χ4n) is 3.45. The van der Waals surface area contributed by atoms with Gasteiger partial charge < -0.3 is 14.8 Å². The molecule has 1 N–H and O–H groups in total. The van der Waals surface area contributed by atoms with E-state index in [0.29, 0.717) is 28.0 Å². The lowest BCUT2D eigenvalue weighted by molar-refractivity contribution is -0.143. The van der Waals surface area contributed by atoms with Crippen LogP contribution < -0.4 is 5.32 Å². The monoisotopic (exact) mass is 410 g/mol. The number of hydrogen-bond acceptors (Lipinski definition) is 9. The molecule has 1 aliphatic heterocycles. The third-order valence-corrected chi connectivity index (χ3v) is 4.62. The van der Waals surface area contributed by atoms with E-state index in [1.54, 1.807) is 45.9 Å². The Morgan fingerprint density at radius 1 is 1.20 bits per heavy atom. The fourth-order valence-corrected chi connectivity index (χ4v) is 3.45. The predicted molar refractivity (Wildman–Crippen MR) is 105 cm³/mol. The zero-order valence-corrected chi connectivity index (χ0v) is 17.2. The Morgan fingerprint density at radius 3 is 2.57 bits per heavy atom. The number of esters is 2. The number of aromatic nitrogens is 2. The Balaban J connectivity index is 2.17. The van der Waals surface area contributed by atoms with Crippen molar-refractivity contribution in [1.29, 1.82) is 5.26 Å². The smallest absolute Gasteiger partial charge is 0.337 e. The summed E-state index contributed by atoms with van der Waals surface area (Å²) in [5, 5.41) is 19.6. The van der Waals surface area contributed by atoms with E-state index in [-0.39, 0.29) is 30.3 Å². The molecular weight excluding hydrogens is 388 g/mol. The Bertz CT molecular complexity index is 1090. The van der Waals surface area contributed by atoms with Gasteiger partial charge in [0, 0.05) is 11.4 Å². The summed E-state index contributed by atoms with van der Waals surface area (Å²) in [7, 11) is 0. The minimum atomic E-state index is -0.803. The average Bonchev–Trinajstić information content (AvgIpc) is 3.15. The van der Waals surface area contributed by atoms with Crippen molar-refractivity contribution in [2.45, 2.75) is 46.1 Å². The van der Waals surface area contributed by atoms with Crippen LogP contribution >= 0.6 is 0 Å². The molecule has 156 valence electrons. The van der Waals surface area contributed by atoms with Gasteiger partial charge in [0.2, 0.25) is 0 Å². The molecule has 0 saturated carbocycles. The highest BCUT2D eigenvalue weighted by Gasteiger charge is 2.39. The van der Waals surface area contributed by atoms with E-state index in [9.17, 15) is 9.59 Å². The molecule has 0 radical (unpaired) electrons. The third kappa shape index (κ3) is 4.03. The van der Waals surface area contributed by atoms with E-state index in [0.717, 1.165) is 0 Å². The first kappa shape index (κ1) is 21.0. The Kier molecular flexibility index (Phi) is 6.16. The number of nitriles is 1. The predicted octanol–water partition coefficient (Wildman–Crippen LogP) is 2.87. The molecule has 2 aromatic rings. The van der Waals surface area contributed by atoms with E-state index < -0.39 is 17.9 Å². The molecule has 0 amide bonds. The molecular formula is C21H22N4O5. The van der Waals surface area contributed by atoms with Gasteiger partial charge in [0.25, 0.3) is 0 Å². The second kappa shape index (κ2) is 8.78. The van der Waals surface area contributed by atoms with Gasteiger partial charge in [-0.3, -0.25) is 0 Å². The number of carbonyl (C=O) groups excluding carboxylic acids is 2. The van der Waals surface area contributed by atoms with Crippen LogP contribution in [-0.4, -0.2) is 35.0 Å². The molecule has 0 saturated heterocycles. The SMILES string of the molecule is CC1=C(C(=O)OCCC#N)C(c2cccc3nonc23)C(C(=O)OC(C)C)=C(C)N1. The maximum Gasteiger partial charge on any atom is 0.337 e. The number of nitrogens with one attached hydrogen (secondary N) is 1. The summed E-state index contributed by atoms with van der Waals surface area (Å²) in [5.41, 5.74) is 3.11. The highest BCUT2D eigenvalue weighted by atomic mass is 16.6. The van der Waals surface area contributed by atoms with Gasteiger partial charge in [0.05, 0.1) is 35.7 Å². The van der Waals surface area contributed by atoms with Crippen molar-refractivity contribution in [2.24, 2.45) is 0 Å². The topological polar surface area (TPSA) is 127 Å². The van der Waals surface area contributed by atoms with Crippen molar-refractivity contribution in [3.63, 3.8) is 0 Å². The largest absolute Gasteiger partial charge is 0.461 e. The Labute approximate surface area is 173 Å². The van der Waals surface area contributed by atoms with Gasteiger partial charge in [-0.2, -0.15) is 5.26 Å². The fraction of sp³-hybridized carbons (Fsp3) is 0.381. The second-order valence-corrected chi connectivity index (χ2v) is 7.11. The minimum absolute atomic E-state index is 0.0526. The first-order chi connectivity index (χ1) is 14.3. The molecule has 3 rings (SSSR count). The summed E-state index contributed by atoms with van der Waals surface area (Å²) in [6, 6.07) is 7.16. The maximum atomic E-state index is 13.0. The molecule has 1 aromatic carbocycles. The van der Waals surface area contributed by atoms with E-state index in [4.69, 9.17) is 19.4 Å². The summed E-state index contributed by atoms with van der Waals surface area (Å²) in [6.07, 6.45) is -0.281. The van der Waals surface area contributed by atoms with E-state index in [2.05, 4.69) is 15.6 Å². The van der Waals surface area contributed by atoms with Gasteiger partial charge in [0.1, 0.15) is 17.6 Å².